The molecule has 2 N–H and O–H groups in total. The highest BCUT2D eigenvalue weighted by Gasteiger charge is 2.30. The molecule has 162 valence electrons. The summed E-state index contributed by atoms with van der Waals surface area (Å²) < 4.78 is 44.2. The van der Waals surface area contributed by atoms with Gasteiger partial charge in [-0.1, -0.05) is 28.1 Å². The number of hydrogen-bond acceptors (Lipinski definition) is 3. The number of nitrogens with zero attached hydrogens (tertiary/aromatic N) is 1. The lowest BCUT2D eigenvalue weighted by molar-refractivity contribution is -0.137. The van der Waals surface area contributed by atoms with E-state index in [0.29, 0.717) is 35.5 Å². The van der Waals surface area contributed by atoms with Crippen molar-refractivity contribution >= 4 is 27.6 Å². The van der Waals surface area contributed by atoms with Gasteiger partial charge in [0.25, 0.3) is 0 Å². The van der Waals surface area contributed by atoms with Crippen LogP contribution in [0.25, 0.3) is 0 Å². The zero-order chi connectivity index (χ0) is 22.3. The second-order valence-corrected chi connectivity index (χ2v) is 7.45. The second kappa shape index (κ2) is 10.3. The SMILES string of the molecule is O=C(NCc1cccnc1)Nc1ccc(OCCc2ccc(C(F)(F)F)cc2Br)cc1. The third-order valence-electron chi connectivity index (χ3n) is 4.31. The predicted octanol–water partition coefficient (Wildman–Crippen LogP) is 5.81. The summed E-state index contributed by atoms with van der Waals surface area (Å²) in [7, 11) is 0. The van der Waals surface area contributed by atoms with Crippen molar-refractivity contribution < 1.29 is 22.7 Å². The van der Waals surface area contributed by atoms with Crippen LogP contribution >= 0.6 is 15.9 Å². The van der Waals surface area contributed by atoms with Gasteiger partial charge in [0.2, 0.25) is 0 Å². The molecule has 5 nitrogen and oxygen atoms in total. The quantitative estimate of drug-likeness (QED) is 0.436. The Hall–Kier alpha value is -3.07. The van der Waals surface area contributed by atoms with E-state index in [2.05, 4.69) is 31.5 Å². The molecule has 3 rings (SSSR count). The van der Waals surface area contributed by atoms with E-state index in [-0.39, 0.29) is 6.03 Å². The smallest absolute Gasteiger partial charge is 0.416 e. The van der Waals surface area contributed by atoms with Crippen LogP contribution in [0.1, 0.15) is 16.7 Å². The molecule has 0 unspecified atom stereocenters. The molecule has 0 saturated heterocycles. The first-order chi connectivity index (χ1) is 14.8. The summed E-state index contributed by atoms with van der Waals surface area (Å²) in [5.74, 6) is 0.587. The lowest BCUT2D eigenvalue weighted by Crippen LogP contribution is -2.28. The monoisotopic (exact) mass is 493 g/mol. The minimum absolute atomic E-state index is 0.294. The van der Waals surface area contributed by atoms with Crippen LogP contribution in [0.4, 0.5) is 23.7 Å². The zero-order valence-electron chi connectivity index (χ0n) is 16.2. The number of ether oxygens (including phenoxy) is 1. The highest BCUT2D eigenvalue weighted by molar-refractivity contribution is 9.10. The van der Waals surface area contributed by atoms with Crippen LogP contribution in [0.3, 0.4) is 0 Å². The molecule has 0 bridgehead atoms. The summed E-state index contributed by atoms with van der Waals surface area (Å²) in [4.78, 5) is 16.0. The van der Waals surface area contributed by atoms with E-state index < -0.39 is 11.7 Å². The lowest BCUT2D eigenvalue weighted by Gasteiger charge is -2.11. The van der Waals surface area contributed by atoms with E-state index in [4.69, 9.17) is 4.74 Å². The fourth-order valence-corrected chi connectivity index (χ4v) is 3.28. The van der Waals surface area contributed by atoms with Gasteiger partial charge in [-0.05, 0) is 53.6 Å². The van der Waals surface area contributed by atoms with Crippen LogP contribution in [0.15, 0.2) is 71.5 Å². The van der Waals surface area contributed by atoms with Gasteiger partial charge in [-0.2, -0.15) is 13.2 Å². The Kier molecular flexibility index (Phi) is 7.51. The van der Waals surface area contributed by atoms with Crippen molar-refractivity contribution in [2.24, 2.45) is 0 Å². The minimum atomic E-state index is -4.37. The molecule has 1 aromatic heterocycles. The maximum Gasteiger partial charge on any atom is 0.416 e. The van der Waals surface area contributed by atoms with Crippen LogP contribution in [0.2, 0.25) is 0 Å². The van der Waals surface area contributed by atoms with Crippen LogP contribution in [0.5, 0.6) is 5.75 Å². The molecular weight excluding hydrogens is 475 g/mol. The zero-order valence-corrected chi connectivity index (χ0v) is 17.8. The van der Waals surface area contributed by atoms with Gasteiger partial charge < -0.3 is 15.4 Å². The number of urea groups is 1. The van der Waals surface area contributed by atoms with Crippen molar-refractivity contribution in [2.45, 2.75) is 19.1 Å². The molecular formula is C22H19BrF3N3O2. The topological polar surface area (TPSA) is 63.2 Å². The van der Waals surface area contributed by atoms with Crippen LogP contribution in [-0.2, 0) is 19.1 Å². The Bertz CT molecular complexity index is 1010. The Morgan fingerprint density at radius 1 is 1.10 bits per heavy atom. The third-order valence-corrected chi connectivity index (χ3v) is 5.05. The first-order valence-corrected chi connectivity index (χ1v) is 10.1. The van der Waals surface area contributed by atoms with Crippen LogP contribution in [0, 0.1) is 0 Å². The fraction of sp³-hybridized carbons (Fsp3) is 0.182. The molecule has 31 heavy (non-hydrogen) atoms. The molecule has 3 aromatic rings. The standard InChI is InChI=1S/C22H19BrF3N3O2/c23-20-12-17(22(24,25)26)4-3-16(20)9-11-31-19-7-5-18(6-8-19)29-21(30)28-14-15-2-1-10-27-13-15/h1-8,10,12-13H,9,11,14H2,(H2,28,29,30). The summed E-state index contributed by atoms with van der Waals surface area (Å²) in [6.45, 7) is 0.655. The van der Waals surface area contributed by atoms with Gasteiger partial charge >= 0.3 is 12.2 Å². The van der Waals surface area contributed by atoms with Crippen molar-refractivity contribution in [2.75, 3.05) is 11.9 Å². The van der Waals surface area contributed by atoms with E-state index in [0.717, 1.165) is 23.3 Å². The number of nitrogens with one attached hydrogen (secondary N) is 2. The Labute approximate surface area is 185 Å². The number of rotatable bonds is 7. The molecule has 0 aliphatic heterocycles. The van der Waals surface area contributed by atoms with Crippen molar-refractivity contribution in [3.05, 3.63) is 88.2 Å². The second-order valence-electron chi connectivity index (χ2n) is 6.60. The van der Waals surface area contributed by atoms with Crippen molar-refractivity contribution in [3.8, 4) is 5.75 Å². The molecule has 0 saturated carbocycles. The summed E-state index contributed by atoms with van der Waals surface area (Å²) in [6.07, 6.45) is -0.594. The molecule has 0 spiro atoms. The molecule has 0 aliphatic rings. The summed E-state index contributed by atoms with van der Waals surface area (Å²) in [6, 6.07) is 13.7. The summed E-state index contributed by atoms with van der Waals surface area (Å²) in [5, 5.41) is 5.46. The first-order valence-electron chi connectivity index (χ1n) is 9.33. The van der Waals surface area contributed by atoms with Crippen molar-refractivity contribution in [1.82, 2.24) is 10.3 Å². The minimum Gasteiger partial charge on any atom is -0.493 e. The number of pyridine rings is 1. The maximum absolute atomic E-state index is 12.7. The number of benzene rings is 2. The van der Waals surface area contributed by atoms with E-state index in [1.165, 1.54) is 6.07 Å². The molecule has 0 aliphatic carbocycles. The number of anilines is 1. The number of alkyl halides is 3. The van der Waals surface area contributed by atoms with Gasteiger partial charge in [0.15, 0.2) is 0 Å². The van der Waals surface area contributed by atoms with Crippen LogP contribution in [-0.4, -0.2) is 17.6 Å². The number of hydrogen-bond donors (Lipinski definition) is 2. The van der Waals surface area contributed by atoms with E-state index in [1.807, 2.05) is 6.07 Å². The summed E-state index contributed by atoms with van der Waals surface area (Å²) in [5.41, 5.74) is 1.51. The predicted molar refractivity (Wildman–Crippen MR) is 115 cm³/mol. The summed E-state index contributed by atoms with van der Waals surface area (Å²) >= 11 is 3.18. The van der Waals surface area contributed by atoms with E-state index in [1.54, 1.807) is 42.7 Å². The molecule has 2 aromatic carbocycles. The molecule has 2 amide bonds. The normalized spacial score (nSPS) is 11.1. The Balaban J connectivity index is 1.45. The average molecular weight is 494 g/mol. The van der Waals surface area contributed by atoms with Gasteiger partial charge in [-0.3, -0.25) is 4.98 Å². The molecule has 1 heterocycles. The van der Waals surface area contributed by atoms with E-state index >= 15 is 0 Å². The van der Waals surface area contributed by atoms with Gasteiger partial charge in [-0.25, -0.2) is 4.79 Å². The fourth-order valence-electron chi connectivity index (χ4n) is 2.70. The van der Waals surface area contributed by atoms with Gasteiger partial charge in [0, 0.05) is 35.5 Å². The van der Waals surface area contributed by atoms with E-state index in [9.17, 15) is 18.0 Å². The Morgan fingerprint density at radius 2 is 1.87 bits per heavy atom. The number of amides is 2. The lowest BCUT2D eigenvalue weighted by atomic mass is 10.1. The highest BCUT2D eigenvalue weighted by Crippen LogP contribution is 2.32. The average Bonchev–Trinajstić information content (AvgIpc) is 2.74. The number of carbonyl (C=O) groups is 1. The van der Waals surface area contributed by atoms with Crippen molar-refractivity contribution in [1.29, 1.82) is 0 Å². The largest absolute Gasteiger partial charge is 0.493 e. The number of halogens is 4. The third kappa shape index (κ3) is 6.99. The Morgan fingerprint density at radius 3 is 2.52 bits per heavy atom. The van der Waals surface area contributed by atoms with Gasteiger partial charge in [-0.15, -0.1) is 0 Å². The molecule has 9 heteroatoms. The first kappa shape index (κ1) is 22.6. The number of aromatic nitrogens is 1. The van der Waals surface area contributed by atoms with Crippen LogP contribution < -0.4 is 15.4 Å². The van der Waals surface area contributed by atoms with Crippen molar-refractivity contribution in [3.63, 3.8) is 0 Å². The van der Waals surface area contributed by atoms with Gasteiger partial charge in [0.1, 0.15) is 5.75 Å². The molecule has 0 radical (unpaired) electrons. The number of carbonyl (C=O) groups excluding carboxylic acids is 1. The maximum atomic E-state index is 12.7. The highest BCUT2D eigenvalue weighted by atomic mass is 79.9. The molecule has 0 atom stereocenters. The molecule has 0 fully saturated rings. The van der Waals surface area contributed by atoms with Gasteiger partial charge in [0.05, 0.1) is 12.2 Å².